The summed E-state index contributed by atoms with van der Waals surface area (Å²) in [6.45, 7) is 3.08. The Morgan fingerprint density at radius 3 is 2.95 bits per heavy atom. The summed E-state index contributed by atoms with van der Waals surface area (Å²) in [5.74, 6) is 0.596. The number of hydrogen-bond donors (Lipinski definition) is 1. The number of hydrogen-bond acceptors (Lipinski definition) is 1. The van der Waals surface area contributed by atoms with Crippen molar-refractivity contribution < 1.29 is 0 Å². The van der Waals surface area contributed by atoms with Gasteiger partial charge in [-0.05, 0) is 54.4 Å². The zero-order valence-electron chi connectivity index (χ0n) is 11.4. The largest absolute Gasteiger partial charge is 0.331 e. The third kappa shape index (κ3) is 1.74. The van der Waals surface area contributed by atoms with Gasteiger partial charge in [0, 0.05) is 12.5 Å². The fourth-order valence-corrected chi connectivity index (χ4v) is 3.49. The van der Waals surface area contributed by atoms with Crippen LogP contribution in [0.4, 0.5) is 0 Å². The molecule has 100 valence electrons. The summed E-state index contributed by atoms with van der Waals surface area (Å²) in [4.78, 5) is 3.32. The summed E-state index contributed by atoms with van der Waals surface area (Å²) in [6, 6.07) is 15.2. The molecule has 0 spiro atoms. The van der Waals surface area contributed by atoms with Crippen molar-refractivity contribution in [3.05, 3.63) is 63.9 Å². The zero-order chi connectivity index (χ0) is 13.7. The van der Waals surface area contributed by atoms with Gasteiger partial charge in [-0.1, -0.05) is 30.3 Å². The molecule has 1 N–H and O–H groups in total. The average molecular weight is 280 g/mol. The molecule has 0 saturated carbocycles. The molecule has 1 aliphatic rings. The molecule has 20 heavy (non-hydrogen) atoms. The highest BCUT2D eigenvalue weighted by Crippen LogP contribution is 2.36. The van der Waals surface area contributed by atoms with Crippen molar-refractivity contribution in [3.63, 3.8) is 0 Å². The summed E-state index contributed by atoms with van der Waals surface area (Å²) < 4.78 is 3.07. The molecular formula is C17H16N2S. The molecule has 0 aliphatic heterocycles. The number of aryl methyl sites for hydroxylation is 1. The molecule has 0 bridgehead atoms. The first-order valence-corrected chi connectivity index (χ1v) is 7.40. The van der Waals surface area contributed by atoms with Gasteiger partial charge < -0.3 is 9.55 Å². The molecule has 1 unspecified atom stereocenters. The van der Waals surface area contributed by atoms with Gasteiger partial charge in [0.1, 0.15) is 0 Å². The Morgan fingerprint density at radius 2 is 2.10 bits per heavy atom. The summed E-state index contributed by atoms with van der Waals surface area (Å²) in [5, 5.41) is 0. The van der Waals surface area contributed by atoms with Crippen molar-refractivity contribution in [1.29, 1.82) is 0 Å². The molecule has 4 rings (SSSR count). The maximum Gasteiger partial charge on any atom is 0.178 e. The predicted molar refractivity (Wildman–Crippen MR) is 84.7 cm³/mol. The minimum atomic E-state index is 0.596. The van der Waals surface area contributed by atoms with E-state index in [9.17, 15) is 0 Å². The van der Waals surface area contributed by atoms with Gasteiger partial charge in [-0.15, -0.1) is 0 Å². The molecule has 0 fully saturated rings. The topological polar surface area (TPSA) is 20.7 Å². The second kappa shape index (κ2) is 4.32. The normalized spacial score (nSPS) is 16.9. The Hall–Kier alpha value is -1.87. The van der Waals surface area contributed by atoms with Crippen LogP contribution in [0.1, 0.15) is 22.6 Å². The molecule has 1 atom stereocenters. The van der Waals surface area contributed by atoms with E-state index in [0.29, 0.717) is 5.92 Å². The third-order valence-corrected chi connectivity index (χ3v) is 4.62. The van der Waals surface area contributed by atoms with Gasteiger partial charge in [0.25, 0.3) is 0 Å². The predicted octanol–water partition coefficient (Wildman–Crippen LogP) is 4.35. The monoisotopic (exact) mass is 280 g/mol. The lowest BCUT2D eigenvalue weighted by Crippen LogP contribution is -2.21. The number of imidazole rings is 1. The van der Waals surface area contributed by atoms with Crippen LogP contribution in [-0.4, -0.2) is 9.55 Å². The Morgan fingerprint density at radius 1 is 1.25 bits per heavy atom. The highest BCUT2D eigenvalue weighted by molar-refractivity contribution is 7.71. The average Bonchev–Trinajstić information content (AvgIpc) is 2.71. The summed E-state index contributed by atoms with van der Waals surface area (Å²) >= 11 is 5.49. The number of H-pyrrole nitrogens is 1. The van der Waals surface area contributed by atoms with E-state index >= 15 is 0 Å². The Balaban J connectivity index is 1.74. The minimum absolute atomic E-state index is 0.596. The molecule has 2 nitrogen and oxygen atoms in total. The lowest BCUT2D eigenvalue weighted by molar-refractivity contribution is 0.513. The third-order valence-electron chi connectivity index (χ3n) is 4.29. The van der Waals surface area contributed by atoms with E-state index in [1.165, 1.54) is 22.2 Å². The van der Waals surface area contributed by atoms with Gasteiger partial charge in [-0.2, -0.15) is 0 Å². The number of aromatic nitrogens is 2. The van der Waals surface area contributed by atoms with Crippen molar-refractivity contribution in [2.45, 2.75) is 25.8 Å². The molecular weight excluding hydrogens is 264 g/mol. The van der Waals surface area contributed by atoms with Gasteiger partial charge in [-0.25, -0.2) is 0 Å². The number of aromatic amines is 1. The fraction of sp³-hybridized carbons (Fsp3) is 0.235. The maximum atomic E-state index is 5.49. The standard InChI is InChI=1S/C17H16N2S/c1-11-6-7-16-15(8-11)18-17(20)19(16)10-13-9-12-4-2-3-5-14(12)13/h2-8,13H,9-10H2,1H3,(H,18,20). The Kier molecular flexibility index (Phi) is 2.57. The van der Waals surface area contributed by atoms with Crippen molar-refractivity contribution in [3.8, 4) is 0 Å². The van der Waals surface area contributed by atoms with E-state index in [0.717, 1.165) is 23.3 Å². The molecule has 0 radical (unpaired) electrons. The first-order chi connectivity index (χ1) is 9.72. The van der Waals surface area contributed by atoms with E-state index in [4.69, 9.17) is 12.2 Å². The highest BCUT2D eigenvalue weighted by Gasteiger charge is 2.26. The van der Waals surface area contributed by atoms with Gasteiger partial charge in [0.15, 0.2) is 4.77 Å². The van der Waals surface area contributed by atoms with Crippen LogP contribution in [0.2, 0.25) is 0 Å². The molecule has 1 aromatic heterocycles. The molecule has 0 saturated heterocycles. The van der Waals surface area contributed by atoms with Crippen LogP contribution in [0.25, 0.3) is 11.0 Å². The zero-order valence-corrected chi connectivity index (χ0v) is 12.2. The van der Waals surface area contributed by atoms with Gasteiger partial charge in [0.05, 0.1) is 11.0 Å². The van der Waals surface area contributed by atoms with E-state index < -0.39 is 0 Å². The summed E-state index contributed by atoms with van der Waals surface area (Å²) in [5.41, 5.74) is 6.58. The molecule has 3 aromatic rings. The second-order valence-corrected chi connectivity index (χ2v) is 6.05. The number of nitrogens with one attached hydrogen (secondary N) is 1. The van der Waals surface area contributed by atoms with Crippen LogP contribution < -0.4 is 0 Å². The van der Waals surface area contributed by atoms with Crippen LogP contribution in [0, 0.1) is 11.7 Å². The fourth-order valence-electron chi connectivity index (χ4n) is 3.20. The van der Waals surface area contributed by atoms with Crippen molar-refractivity contribution in [2.75, 3.05) is 0 Å². The summed E-state index contributed by atoms with van der Waals surface area (Å²) in [6.07, 6.45) is 1.16. The van der Waals surface area contributed by atoms with Gasteiger partial charge in [-0.3, -0.25) is 0 Å². The van der Waals surface area contributed by atoms with Gasteiger partial charge in [0.2, 0.25) is 0 Å². The van der Waals surface area contributed by atoms with Crippen LogP contribution in [-0.2, 0) is 13.0 Å². The molecule has 1 heterocycles. The SMILES string of the molecule is Cc1ccc2c(c1)[nH]c(=S)n2CC1Cc2ccccc21. The first kappa shape index (κ1) is 11.9. The van der Waals surface area contributed by atoms with Gasteiger partial charge >= 0.3 is 0 Å². The highest BCUT2D eigenvalue weighted by atomic mass is 32.1. The maximum absolute atomic E-state index is 5.49. The smallest absolute Gasteiger partial charge is 0.178 e. The Labute approximate surface area is 123 Å². The van der Waals surface area contributed by atoms with Crippen LogP contribution in [0.15, 0.2) is 42.5 Å². The molecule has 0 amide bonds. The Bertz CT molecular complexity index is 857. The quantitative estimate of drug-likeness (QED) is 0.692. The van der Waals surface area contributed by atoms with Crippen LogP contribution in [0.5, 0.6) is 0 Å². The molecule has 1 aliphatic carbocycles. The van der Waals surface area contributed by atoms with Crippen molar-refractivity contribution >= 4 is 23.3 Å². The number of benzene rings is 2. The van der Waals surface area contributed by atoms with E-state index in [2.05, 4.69) is 58.9 Å². The number of fused-ring (bicyclic) bond motifs is 2. The number of nitrogens with zero attached hydrogens (tertiary/aromatic N) is 1. The number of rotatable bonds is 2. The van der Waals surface area contributed by atoms with Crippen LogP contribution >= 0.6 is 12.2 Å². The van der Waals surface area contributed by atoms with E-state index in [1.54, 1.807) is 0 Å². The second-order valence-electron chi connectivity index (χ2n) is 5.66. The van der Waals surface area contributed by atoms with Crippen LogP contribution in [0.3, 0.4) is 0 Å². The minimum Gasteiger partial charge on any atom is -0.331 e. The van der Waals surface area contributed by atoms with E-state index in [-0.39, 0.29) is 0 Å². The van der Waals surface area contributed by atoms with Crippen molar-refractivity contribution in [2.24, 2.45) is 0 Å². The lowest BCUT2D eigenvalue weighted by Gasteiger charge is -2.30. The summed E-state index contributed by atoms with van der Waals surface area (Å²) in [7, 11) is 0. The first-order valence-electron chi connectivity index (χ1n) is 6.99. The molecule has 3 heteroatoms. The lowest BCUT2D eigenvalue weighted by atomic mass is 9.77. The van der Waals surface area contributed by atoms with E-state index in [1.807, 2.05) is 0 Å². The molecule has 2 aromatic carbocycles. The van der Waals surface area contributed by atoms with Crippen molar-refractivity contribution in [1.82, 2.24) is 9.55 Å².